The van der Waals surface area contributed by atoms with E-state index >= 15 is 0 Å². The Morgan fingerprint density at radius 3 is 2.45 bits per heavy atom. The van der Waals surface area contributed by atoms with E-state index in [0.717, 1.165) is 5.56 Å². The second-order valence-electron chi connectivity index (χ2n) is 6.58. The molecule has 0 aliphatic rings. The highest BCUT2D eigenvalue weighted by molar-refractivity contribution is 7.80. The molecule has 31 heavy (non-hydrogen) atoms. The lowest BCUT2D eigenvalue weighted by Gasteiger charge is -2.12. The zero-order chi connectivity index (χ0) is 22.4. The van der Waals surface area contributed by atoms with E-state index < -0.39 is 10.8 Å². The number of aryl methyl sites for hydroxylation is 1. The zero-order valence-electron chi connectivity index (χ0n) is 16.4. The normalized spacial score (nSPS) is 10.3. The van der Waals surface area contributed by atoms with Gasteiger partial charge in [0.1, 0.15) is 17.4 Å². The molecule has 0 spiro atoms. The summed E-state index contributed by atoms with van der Waals surface area (Å²) in [5.74, 6) is 0.232. The summed E-state index contributed by atoms with van der Waals surface area (Å²) in [5.41, 5.74) is 2.27. The van der Waals surface area contributed by atoms with Gasteiger partial charge in [0.05, 0.1) is 4.92 Å². The number of hydrogen-bond acceptors (Lipinski definition) is 5. The topological polar surface area (TPSA) is 93.5 Å². The Kier molecular flexibility index (Phi) is 7.17. The van der Waals surface area contributed by atoms with Gasteiger partial charge in [-0.2, -0.15) is 0 Å². The van der Waals surface area contributed by atoms with Gasteiger partial charge in [0, 0.05) is 17.3 Å². The number of rotatable bonds is 6. The Bertz CT molecular complexity index is 1120. The molecule has 0 unspecified atom stereocenters. The maximum Gasteiger partial charge on any atom is 0.288 e. The highest BCUT2D eigenvalue weighted by atomic mass is 35.5. The minimum atomic E-state index is -0.563. The van der Waals surface area contributed by atoms with Crippen molar-refractivity contribution in [3.63, 3.8) is 0 Å². The molecule has 0 bridgehead atoms. The number of nitrogens with zero attached hydrogens (tertiary/aromatic N) is 1. The number of halogens is 1. The molecule has 1 amide bonds. The predicted octanol–water partition coefficient (Wildman–Crippen LogP) is 5.26. The first-order valence-corrected chi connectivity index (χ1v) is 9.96. The van der Waals surface area contributed by atoms with Crippen molar-refractivity contribution in [1.29, 1.82) is 0 Å². The standard InChI is InChI=1S/C22H18ClN3O4S/c1-14-11-20(26(28)29)18(23)12-19(14)24-22(31)25-21(27)16-7-9-17(10-8-16)30-13-15-5-3-2-4-6-15/h2-12H,13H2,1H3,(H2,24,25,27,31). The Hall–Kier alpha value is -3.49. The Morgan fingerprint density at radius 1 is 1.13 bits per heavy atom. The number of amides is 1. The molecule has 7 nitrogen and oxygen atoms in total. The molecule has 0 aromatic heterocycles. The maximum absolute atomic E-state index is 12.4. The van der Waals surface area contributed by atoms with E-state index in [1.165, 1.54) is 12.1 Å². The third kappa shape index (κ3) is 6.00. The van der Waals surface area contributed by atoms with Crippen molar-refractivity contribution >= 4 is 46.2 Å². The van der Waals surface area contributed by atoms with Crippen molar-refractivity contribution < 1.29 is 14.5 Å². The monoisotopic (exact) mass is 455 g/mol. The second kappa shape index (κ2) is 10.0. The van der Waals surface area contributed by atoms with E-state index in [0.29, 0.717) is 29.2 Å². The van der Waals surface area contributed by atoms with Gasteiger partial charge >= 0.3 is 0 Å². The number of anilines is 1. The SMILES string of the molecule is Cc1cc([N+](=O)[O-])c(Cl)cc1NC(=S)NC(=O)c1ccc(OCc2ccccc2)cc1. The van der Waals surface area contributed by atoms with Gasteiger partial charge in [0.2, 0.25) is 0 Å². The maximum atomic E-state index is 12.4. The number of nitrogens with one attached hydrogen (secondary N) is 2. The molecule has 0 saturated carbocycles. The Labute approximate surface area is 189 Å². The van der Waals surface area contributed by atoms with E-state index in [9.17, 15) is 14.9 Å². The molecule has 3 aromatic rings. The van der Waals surface area contributed by atoms with Gasteiger partial charge in [-0.15, -0.1) is 0 Å². The van der Waals surface area contributed by atoms with Crippen LogP contribution in [0, 0.1) is 17.0 Å². The summed E-state index contributed by atoms with van der Waals surface area (Å²) < 4.78 is 5.71. The van der Waals surface area contributed by atoms with Crippen molar-refractivity contribution in [1.82, 2.24) is 5.32 Å². The molecule has 0 atom stereocenters. The number of nitro groups is 1. The summed E-state index contributed by atoms with van der Waals surface area (Å²) >= 11 is 11.1. The summed E-state index contributed by atoms with van der Waals surface area (Å²) in [6.45, 7) is 2.10. The summed E-state index contributed by atoms with van der Waals surface area (Å²) in [6, 6.07) is 19.2. The van der Waals surface area contributed by atoms with Crippen LogP contribution in [0.2, 0.25) is 5.02 Å². The zero-order valence-corrected chi connectivity index (χ0v) is 18.0. The van der Waals surface area contributed by atoms with Crippen LogP contribution >= 0.6 is 23.8 Å². The van der Waals surface area contributed by atoms with E-state index in [1.54, 1.807) is 31.2 Å². The minimum absolute atomic E-state index is 0.0293. The van der Waals surface area contributed by atoms with Crippen molar-refractivity contribution in [3.8, 4) is 5.75 Å². The van der Waals surface area contributed by atoms with Crippen LogP contribution in [0.1, 0.15) is 21.5 Å². The molecule has 3 rings (SSSR count). The smallest absolute Gasteiger partial charge is 0.288 e. The largest absolute Gasteiger partial charge is 0.489 e. The van der Waals surface area contributed by atoms with Gasteiger partial charge in [-0.05, 0) is 60.6 Å². The lowest BCUT2D eigenvalue weighted by Crippen LogP contribution is -2.34. The molecule has 0 heterocycles. The van der Waals surface area contributed by atoms with Crippen LogP contribution in [0.4, 0.5) is 11.4 Å². The number of nitro benzene ring substituents is 1. The number of ether oxygens (including phenoxy) is 1. The van der Waals surface area contributed by atoms with Gasteiger partial charge in [0.25, 0.3) is 11.6 Å². The van der Waals surface area contributed by atoms with Crippen LogP contribution in [-0.2, 0) is 6.61 Å². The molecule has 9 heteroatoms. The van der Waals surface area contributed by atoms with E-state index in [-0.39, 0.29) is 15.8 Å². The van der Waals surface area contributed by atoms with Gasteiger partial charge in [-0.25, -0.2) is 0 Å². The molecule has 3 aromatic carbocycles. The van der Waals surface area contributed by atoms with E-state index in [2.05, 4.69) is 10.6 Å². The lowest BCUT2D eigenvalue weighted by molar-refractivity contribution is -0.384. The fourth-order valence-electron chi connectivity index (χ4n) is 2.71. The van der Waals surface area contributed by atoms with Crippen molar-refractivity contribution in [2.45, 2.75) is 13.5 Å². The highest BCUT2D eigenvalue weighted by Crippen LogP contribution is 2.30. The van der Waals surface area contributed by atoms with Crippen LogP contribution in [0.25, 0.3) is 0 Å². The summed E-state index contributed by atoms with van der Waals surface area (Å²) in [7, 11) is 0. The summed E-state index contributed by atoms with van der Waals surface area (Å²) in [4.78, 5) is 22.8. The minimum Gasteiger partial charge on any atom is -0.489 e. The van der Waals surface area contributed by atoms with E-state index in [4.69, 9.17) is 28.6 Å². The first-order chi connectivity index (χ1) is 14.8. The Morgan fingerprint density at radius 2 is 1.81 bits per heavy atom. The number of benzene rings is 3. The van der Waals surface area contributed by atoms with Gasteiger partial charge in [-0.3, -0.25) is 20.2 Å². The number of carbonyl (C=O) groups is 1. The molecule has 158 valence electrons. The molecular formula is C22H18ClN3O4S. The van der Waals surface area contributed by atoms with Gasteiger partial charge in [0.15, 0.2) is 5.11 Å². The molecule has 2 N–H and O–H groups in total. The van der Waals surface area contributed by atoms with Crippen molar-refractivity contribution in [2.24, 2.45) is 0 Å². The predicted molar refractivity (Wildman–Crippen MR) is 124 cm³/mol. The number of carbonyl (C=O) groups excluding carboxylic acids is 1. The van der Waals surface area contributed by atoms with Crippen LogP contribution in [0.15, 0.2) is 66.7 Å². The van der Waals surface area contributed by atoms with Crippen molar-refractivity contribution in [2.75, 3.05) is 5.32 Å². The number of thiocarbonyl (C=S) groups is 1. The average molecular weight is 456 g/mol. The third-order valence-electron chi connectivity index (χ3n) is 4.33. The quantitative estimate of drug-likeness (QED) is 0.299. The van der Waals surface area contributed by atoms with Gasteiger partial charge < -0.3 is 10.1 Å². The third-order valence-corrected chi connectivity index (χ3v) is 4.84. The lowest BCUT2D eigenvalue weighted by atomic mass is 10.2. The first-order valence-electron chi connectivity index (χ1n) is 9.17. The van der Waals surface area contributed by atoms with E-state index in [1.807, 2.05) is 30.3 Å². The molecular weight excluding hydrogens is 438 g/mol. The summed E-state index contributed by atoms with van der Waals surface area (Å²) in [5, 5.41) is 16.4. The fraction of sp³-hybridized carbons (Fsp3) is 0.0909. The molecule has 0 fully saturated rings. The molecule has 0 saturated heterocycles. The molecule has 0 aliphatic heterocycles. The first kappa shape index (κ1) is 22.2. The molecule has 0 radical (unpaired) electrons. The van der Waals surface area contributed by atoms with Crippen LogP contribution in [0.5, 0.6) is 5.75 Å². The number of hydrogen-bond donors (Lipinski definition) is 2. The second-order valence-corrected chi connectivity index (χ2v) is 7.40. The van der Waals surface area contributed by atoms with Crippen LogP contribution < -0.4 is 15.4 Å². The van der Waals surface area contributed by atoms with Crippen LogP contribution in [-0.4, -0.2) is 15.9 Å². The van der Waals surface area contributed by atoms with Gasteiger partial charge in [-0.1, -0.05) is 41.9 Å². The van der Waals surface area contributed by atoms with Crippen LogP contribution in [0.3, 0.4) is 0 Å². The molecule has 0 aliphatic carbocycles. The highest BCUT2D eigenvalue weighted by Gasteiger charge is 2.16. The van der Waals surface area contributed by atoms with Crippen molar-refractivity contribution in [3.05, 3.63) is 98.6 Å². The fourth-order valence-corrected chi connectivity index (χ4v) is 3.15. The summed E-state index contributed by atoms with van der Waals surface area (Å²) in [6.07, 6.45) is 0. The average Bonchev–Trinajstić information content (AvgIpc) is 2.75. The Balaban J connectivity index is 1.58.